The molecule has 0 spiro atoms. The molecule has 0 fully saturated rings. The average Bonchev–Trinajstić information content (AvgIpc) is 3.27. The third-order valence-electron chi connectivity index (χ3n) is 6.64. The molecule has 0 atom stereocenters. The molecular formula is C30H29N7O4. The third kappa shape index (κ3) is 5.35. The van der Waals surface area contributed by atoms with Gasteiger partial charge >= 0.3 is 0 Å². The van der Waals surface area contributed by atoms with Gasteiger partial charge < -0.3 is 20.7 Å². The molecule has 0 saturated carbocycles. The Kier molecular flexibility index (Phi) is 6.97. The van der Waals surface area contributed by atoms with Gasteiger partial charge in [0.2, 0.25) is 0 Å². The topological polar surface area (TPSA) is 158 Å². The highest BCUT2D eigenvalue weighted by molar-refractivity contribution is 6.06. The number of rotatable bonds is 7. The van der Waals surface area contributed by atoms with E-state index in [1.165, 1.54) is 23.9 Å². The number of anilines is 2. The van der Waals surface area contributed by atoms with Gasteiger partial charge in [-0.05, 0) is 58.0 Å². The number of hydrogen-bond acceptors (Lipinski definition) is 8. The van der Waals surface area contributed by atoms with Crippen LogP contribution in [0.25, 0.3) is 27.8 Å². The van der Waals surface area contributed by atoms with Crippen LogP contribution in [0.5, 0.6) is 0 Å². The van der Waals surface area contributed by atoms with Crippen LogP contribution in [0.4, 0.5) is 11.6 Å². The van der Waals surface area contributed by atoms with E-state index < -0.39 is 17.1 Å². The van der Waals surface area contributed by atoms with E-state index in [1.54, 1.807) is 67.9 Å². The number of Topliss-reactive ketones (excluding diaryl/α,β-unsaturated/α-hetero) is 1. The minimum absolute atomic E-state index is 0.185. The van der Waals surface area contributed by atoms with Crippen molar-refractivity contribution in [1.82, 2.24) is 24.1 Å². The highest BCUT2D eigenvalue weighted by Gasteiger charge is 2.22. The normalized spacial score (nSPS) is 11.5. The van der Waals surface area contributed by atoms with Crippen LogP contribution in [0.3, 0.4) is 0 Å². The molecule has 11 heteroatoms. The van der Waals surface area contributed by atoms with Gasteiger partial charge in [0.25, 0.3) is 11.5 Å². The second-order valence-corrected chi connectivity index (χ2v) is 10.4. The zero-order chi connectivity index (χ0) is 29.5. The van der Waals surface area contributed by atoms with Gasteiger partial charge in [-0.3, -0.25) is 19.0 Å². The fourth-order valence-corrected chi connectivity index (χ4v) is 4.82. The van der Waals surface area contributed by atoms with Crippen molar-refractivity contribution in [3.63, 3.8) is 0 Å². The van der Waals surface area contributed by atoms with Crippen molar-refractivity contribution in [2.24, 2.45) is 0 Å². The number of nitrogens with zero attached hydrogens (tertiary/aromatic N) is 5. The van der Waals surface area contributed by atoms with Gasteiger partial charge in [-0.15, -0.1) is 0 Å². The minimum Gasteiger partial charge on any atom is -0.389 e. The van der Waals surface area contributed by atoms with Crippen LogP contribution in [0, 0.1) is 6.92 Å². The van der Waals surface area contributed by atoms with Crippen LogP contribution in [0.1, 0.15) is 47.2 Å². The summed E-state index contributed by atoms with van der Waals surface area (Å²) in [5.74, 6) is -0.469. The van der Waals surface area contributed by atoms with Crippen molar-refractivity contribution in [3.05, 3.63) is 94.4 Å². The van der Waals surface area contributed by atoms with Crippen LogP contribution < -0.4 is 16.6 Å². The van der Waals surface area contributed by atoms with Crippen molar-refractivity contribution in [1.29, 1.82) is 0 Å². The summed E-state index contributed by atoms with van der Waals surface area (Å²) in [5.41, 5.74) is 7.68. The van der Waals surface area contributed by atoms with E-state index >= 15 is 0 Å². The Morgan fingerprint density at radius 3 is 2.41 bits per heavy atom. The first kappa shape index (κ1) is 27.4. The quantitative estimate of drug-likeness (QED) is 0.258. The molecule has 1 amide bonds. The van der Waals surface area contributed by atoms with Gasteiger partial charge in [-0.2, -0.15) is 0 Å². The number of ketones is 1. The highest BCUT2D eigenvalue weighted by atomic mass is 16.3. The summed E-state index contributed by atoms with van der Waals surface area (Å²) in [6.07, 6.45) is 4.75. The van der Waals surface area contributed by atoms with E-state index in [1.807, 2.05) is 12.3 Å². The summed E-state index contributed by atoms with van der Waals surface area (Å²) in [5, 5.41) is 13.7. The Labute approximate surface area is 235 Å². The molecule has 4 N–H and O–H groups in total. The maximum atomic E-state index is 13.4. The Balaban J connectivity index is 1.49. The number of nitrogens with one attached hydrogen (secondary N) is 1. The number of benzene rings is 1. The lowest BCUT2D eigenvalue weighted by Gasteiger charge is -2.18. The number of pyridine rings is 2. The molecule has 4 heterocycles. The summed E-state index contributed by atoms with van der Waals surface area (Å²) < 4.78 is 3.16. The van der Waals surface area contributed by atoms with Crippen LogP contribution in [-0.4, -0.2) is 46.5 Å². The lowest BCUT2D eigenvalue weighted by atomic mass is 10.1. The van der Waals surface area contributed by atoms with E-state index in [4.69, 9.17) is 5.73 Å². The molecule has 0 unspecified atom stereocenters. The zero-order valence-electron chi connectivity index (χ0n) is 23.0. The second-order valence-electron chi connectivity index (χ2n) is 10.4. The molecule has 5 rings (SSSR count). The van der Waals surface area contributed by atoms with Gasteiger partial charge in [-0.1, -0.05) is 18.2 Å². The lowest BCUT2D eigenvalue weighted by Crippen LogP contribution is -2.31. The minimum atomic E-state index is -0.993. The number of carbonyl (C=O) groups excluding carboxylic acids is 2. The molecule has 0 aliphatic heterocycles. The molecule has 0 aliphatic rings. The van der Waals surface area contributed by atoms with Crippen LogP contribution in [-0.2, 0) is 6.54 Å². The highest BCUT2D eigenvalue weighted by Crippen LogP contribution is 2.33. The zero-order valence-corrected chi connectivity index (χ0v) is 23.0. The first-order valence-corrected chi connectivity index (χ1v) is 12.9. The maximum absolute atomic E-state index is 13.4. The number of nitrogens with two attached hydrogens (primary N) is 1. The predicted octanol–water partition coefficient (Wildman–Crippen LogP) is 3.76. The van der Waals surface area contributed by atoms with Crippen molar-refractivity contribution in [2.45, 2.75) is 39.8 Å². The molecule has 11 nitrogen and oxygen atoms in total. The molecule has 1 aromatic carbocycles. The van der Waals surface area contributed by atoms with Crippen molar-refractivity contribution in [3.8, 4) is 16.8 Å². The third-order valence-corrected chi connectivity index (χ3v) is 6.64. The summed E-state index contributed by atoms with van der Waals surface area (Å²) >= 11 is 0. The van der Waals surface area contributed by atoms with Crippen LogP contribution in [0.15, 0.2) is 72.0 Å². The molecule has 41 heavy (non-hydrogen) atoms. The number of hydrogen-bond donors (Lipinski definition) is 3. The molecule has 0 aliphatic carbocycles. The van der Waals surface area contributed by atoms with E-state index in [0.29, 0.717) is 33.5 Å². The smallest absolute Gasteiger partial charge is 0.268 e. The Hall–Kier alpha value is -5.16. The number of aromatic nitrogens is 5. The van der Waals surface area contributed by atoms with Crippen molar-refractivity contribution >= 4 is 34.4 Å². The monoisotopic (exact) mass is 551 g/mol. The summed E-state index contributed by atoms with van der Waals surface area (Å²) in [6.45, 7) is 6.74. The fourth-order valence-electron chi connectivity index (χ4n) is 4.82. The summed E-state index contributed by atoms with van der Waals surface area (Å²) in [4.78, 5) is 51.9. The predicted molar refractivity (Wildman–Crippen MR) is 156 cm³/mol. The van der Waals surface area contributed by atoms with Gasteiger partial charge in [-0.25, -0.2) is 15.0 Å². The fraction of sp³-hybridized carbons (Fsp3) is 0.200. The Morgan fingerprint density at radius 1 is 1.05 bits per heavy atom. The van der Waals surface area contributed by atoms with E-state index in [0.717, 1.165) is 0 Å². The van der Waals surface area contributed by atoms with Gasteiger partial charge in [0.15, 0.2) is 5.78 Å². The molecule has 0 radical (unpaired) electrons. The molecule has 208 valence electrons. The largest absolute Gasteiger partial charge is 0.389 e. The second kappa shape index (κ2) is 10.4. The first-order chi connectivity index (χ1) is 19.4. The van der Waals surface area contributed by atoms with Gasteiger partial charge in [0.05, 0.1) is 17.5 Å². The van der Waals surface area contributed by atoms with Crippen LogP contribution >= 0.6 is 0 Å². The number of fused-ring (bicyclic) bond motifs is 1. The number of nitrogen functional groups attached to an aromatic ring is 1. The number of amides is 1. The molecular weight excluding hydrogens is 522 g/mol. The molecule has 0 bridgehead atoms. The van der Waals surface area contributed by atoms with Crippen LogP contribution in [0.2, 0.25) is 0 Å². The van der Waals surface area contributed by atoms with E-state index in [9.17, 15) is 19.5 Å². The maximum Gasteiger partial charge on any atom is 0.268 e. The number of carbonyl (C=O) groups is 2. The van der Waals surface area contributed by atoms with E-state index in [2.05, 4.69) is 20.3 Å². The summed E-state index contributed by atoms with van der Waals surface area (Å²) in [6, 6.07) is 13.5. The average molecular weight is 552 g/mol. The van der Waals surface area contributed by atoms with Gasteiger partial charge in [0.1, 0.15) is 29.2 Å². The number of aliphatic hydroxyl groups is 1. The molecule has 0 saturated heterocycles. The Morgan fingerprint density at radius 2 is 1.78 bits per heavy atom. The number of para-hydroxylation sites is 1. The lowest BCUT2D eigenvalue weighted by molar-refractivity contribution is 0.0627. The van der Waals surface area contributed by atoms with Crippen molar-refractivity contribution < 1.29 is 14.7 Å². The Bertz CT molecular complexity index is 1850. The molecule has 5 aromatic rings. The first-order valence-electron chi connectivity index (χ1n) is 12.9. The van der Waals surface area contributed by atoms with E-state index in [-0.39, 0.29) is 35.1 Å². The van der Waals surface area contributed by atoms with Crippen molar-refractivity contribution in [2.75, 3.05) is 11.1 Å². The SMILES string of the molecule is CC(=O)c1cc(C(=O)Nc2ccc(-c3cn(CC(C)(C)O)c4ncnc(N)c34)cn2)c(=O)n(-c2ccccc2)c1C. The summed E-state index contributed by atoms with van der Waals surface area (Å²) in [7, 11) is 0. The molecule has 4 aromatic heterocycles. The standard InChI is InChI=1S/C30H29N7O4/c1-17-21(18(2)38)12-22(29(40)37(17)20-8-6-5-7-9-20)28(39)35-24-11-10-19(13-32-24)23-14-36(15-30(3,4)41)27-25(23)26(31)33-16-34-27/h5-14,16,41H,15H2,1-4H3,(H2,31,33,34)(H,32,35,39). The van der Waals surface area contributed by atoms with Gasteiger partial charge in [0, 0.05) is 40.5 Å².